The second kappa shape index (κ2) is 7.85. The minimum Gasteiger partial charge on any atom is -0.344 e. The molecule has 0 saturated carbocycles. The highest BCUT2D eigenvalue weighted by Gasteiger charge is 2.19. The van der Waals surface area contributed by atoms with Crippen LogP contribution >= 0.6 is 22.9 Å². The summed E-state index contributed by atoms with van der Waals surface area (Å²) in [6.45, 7) is 3.23. The van der Waals surface area contributed by atoms with E-state index in [2.05, 4.69) is 25.2 Å². The van der Waals surface area contributed by atoms with Crippen molar-refractivity contribution in [3.63, 3.8) is 0 Å². The first-order valence-corrected chi connectivity index (χ1v) is 11.2. The van der Waals surface area contributed by atoms with Gasteiger partial charge in [0.1, 0.15) is 10.7 Å². The van der Waals surface area contributed by atoms with Crippen LogP contribution < -0.4 is 5.32 Å². The molecule has 0 atom stereocenters. The van der Waals surface area contributed by atoms with E-state index in [1.54, 1.807) is 0 Å². The van der Waals surface area contributed by atoms with Crippen LogP contribution in [0.3, 0.4) is 0 Å². The van der Waals surface area contributed by atoms with Crippen LogP contribution in [0.2, 0.25) is 5.02 Å². The number of hydrogen-bond donors (Lipinski definition) is 1. The average molecular weight is 441 g/mol. The summed E-state index contributed by atoms with van der Waals surface area (Å²) in [5, 5.41) is 17.8. The molecule has 0 unspecified atom stereocenters. The third kappa shape index (κ3) is 3.40. The topological polar surface area (TPSA) is 77.6 Å². The molecule has 5 rings (SSSR count). The summed E-state index contributed by atoms with van der Waals surface area (Å²) in [7, 11) is 0. The molecule has 0 bridgehead atoms. The van der Waals surface area contributed by atoms with E-state index in [1.807, 2.05) is 41.9 Å². The molecule has 4 heterocycles. The SMILES string of the molecule is Cc1nn(-c2ccccc2Cl)c2sc(C(=O)NCc3nnc4n3CCCCC4)cc12. The molecule has 0 fully saturated rings. The number of thiophene rings is 1. The lowest BCUT2D eigenvalue weighted by molar-refractivity contribution is 0.0953. The molecule has 1 N–H and O–H groups in total. The van der Waals surface area contributed by atoms with Crippen molar-refractivity contribution in [2.45, 2.75) is 45.7 Å². The van der Waals surface area contributed by atoms with Crippen LogP contribution in [0.15, 0.2) is 30.3 Å². The monoisotopic (exact) mass is 440 g/mol. The molecule has 30 heavy (non-hydrogen) atoms. The number of aromatic nitrogens is 5. The molecule has 1 aliphatic rings. The van der Waals surface area contributed by atoms with E-state index in [0.29, 0.717) is 16.4 Å². The maximum Gasteiger partial charge on any atom is 0.261 e. The highest BCUT2D eigenvalue weighted by atomic mass is 35.5. The predicted octanol–water partition coefficient (Wildman–Crippen LogP) is 4.30. The fourth-order valence-electron chi connectivity index (χ4n) is 3.87. The largest absolute Gasteiger partial charge is 0.344 e. The number of nitrogens with one attached hydrogen (secondary N) is 1. The second-order valence-corrected chi connectivity index (χ2v) is 8.89. The fourth-order valence-corrected chi connectivity index (χ4v) is 5.18. The van der Waals surface area contributed by atoms with Gasteiger partial charge < -0.3 is 9.88 Å². The molecule has 0 aliphatic carbocycles. The van der Waals surface area contributed by atoms with Gasteiger partial charge in [0.15, 0.2) is 5.82 Å². The molecular formula is C21H21ClN6OS. The number of fused-ring (bicyclic) bond motifs is 2. The van der Waals surface area contributed by atoms with Gasteiger partial charge in [-0.05, 0) is 38.0 Å². The Morgan fingerprint density at radius 2 is 2.10 bits per heavy atom. The van der Waals surface area contributed by atoms with Crippen LogP contribution in [0.5, 0.6) is 0 Å². The molecular weight excluding hydrogens is 420 g/mol. The molecule has 1 amide bonds. The van der Waals surface area contributed by atoms with Gasteiger partial charge in [0.25, 0.3) is 5.91 Å². The minimum absolute atomic E-state index is 0.118. The number of rotatable bonds is 4. The van der Waals surface area contributed by atoms with Crippen molar-refractivity contribution in [2.24, 2.45) is 0 Å². The van der Waals surface area contributed by atoms with Crippen molar-refractivity contribution < 1.29 is 4.79 Å². The van der Waals surface area contributed by atoms with Gasteiger partial charge in [-0.15, -0.1) is 21.5 Å². The first-order chi connectivity index (χ1) is 14.6. The van der Waals surface area contributed by atoms with E-state index in [4.69, 9.17) is 11.6 Å². The minimum atomic E-state index is -0.118. The van der Waals surface area contributed by atoms with Gasteiger partial charge in [0, 0.05) is 18.4 Å². The van der Waals surface area contributed by atoms with Crippen molar-refractivity contribution in [1.29, 1.82) is 0 Å². The zero-order valence-electron chi connectivity index (χ0n) is 16.6. The van der Waals surface area contributed by atoms with E-state index in [0.717, 1.165) is 59.1 Å². The van der Waals surface area contributed by atoms with E-state index in [-0.39, 0.29) is 5.91 Å². The Hall–Kier alpha value is -2.71. The number of amides is 1. The first-order valence-electron chi connectivity index (χ1n) is 10.0. The van der Waals surface area contributed by atoms with E-state index in [9.17, 15) is 4.79 Å². The normalized spacial score (nSPS) is 13.9. The maximum absolute atomic E-state index is 12.9. The lowest BCUT2D eigenvalue weighted by Crippen LogP contribution is -2.24. The number of aryl methyl sites for hydroxylation is 2. The number of benzene rings is 1. The van der Waals surface area contributed by atoms with Crippen LogP contribution in [0.4, 0.5) is 0 Å². The van der Waals surface area contributed by atoms with Crippen LogP contribution in [-0.2, 0) is 19.5 Å². The summed E-state index contributed by atoms with van der Waals surface area (Å²) in [4.78, 5) is 14.4. The lowest BCUT2D eigenvalue weighted by Gasteiger charge is -2.07. The average Bonchev–Trinajstić information content (AvgIpc) is 3.37. The van der Waals surface area contributed by atoms with Crippen molar-refractivity contribution in [3.8, 4) is 5.69 Å². The van der Waals surface area contributed by atoms with E-state index >= 15 is 0 Å². The molecule has 9 heteroatoms. The number of para-hydroxylation sites is 1. The predicted molar refractivity (Wildman–Crippen MR) is 117 cm³/mol. The van der Waals surface area contributed by atoms with Crippen LogP contribution in [0.1, 0.15) is 46.3 Å². The zero-order valence-corrected chi connectivity index (χ0v) is 18.1. The quantitative estimate of drug-likeness (QED) is 0.513. The number of hydrogen-bond acceptors (Lipinski definition) is 5. The third-order valence-corrected chi connectivity index (χ3v) is 6.87. The van der Waals surface area contributed by atoms with Gasteiger partial charge in [0.2, 0.25) is 0 Å². The third-order valence-electron chi connectivity index (χ3n) is 5.44. The van der Waals surface area contributed by atoms with E-state index < -0.39 is 0 Å². The number of nitrogens with zero attached hydrogens (tertiary/aromatic N) is 5. The standard InChI is InChI=1S/C21H21ClN6OS/c1-13-14-11-17(30-21(14)28(26-13)16-8-5-4-7-15(16)22)20(29)23-12-19-25-24-18-9-3-2-6-10-27(18)19/h4-5,7-8,11H,2-3,6,9-10,12H2,1H3,(H,23,29). The molecule has 0 saturated heterocycles. The molecule has 1 aliphatic heterocycles. The Balaban J connectivity index is 1.39. The van der Waals surface area contributed by atoms with Gasteiger partial charge in [-0.2, -0.15) is 5.10 Å². The molecule has 3 aromatic heterocycles. The van der Waals surface area contributed by atoms with Crippen LogP contribution in [-0.4, -0.2) is 30.5 Å². The van der Waals surface area contributed by atoms with Gasteiger partial charge in [-0.25, -0.2) is 4.68 Å². The maximum atomic E-state index is 12.9. The molecule has 0 spiro atoms. The molecule has 4 aromatic rings. The Labute approximate surface area is 182 Å². The molecule has 0 radical (unpaired) electrons. The Morgan fingerprint density at radius 3 is 2.97 bits per heavy atom. The summed E-state index contributed by atoms with van der Waals surface area (Å²) < 4.78 is 3.96. The first kappa shape index (κ1) is 19.3. The van der Waals surface area contributed by atoms with Gasteiger partial charge in [0.05, 0.1) is 27.8 Å². The zero-order chi connectivity index (χ0) is 20.7. The van der Waals surface area contributed by atoms with Crippen molar-refractivity contribution in [1.82, 2.24) is 29.9 Å². The van der Waals surface area contributed by atoms with Gasteiger partial charge in [-0.1, -0.05) is 30.2 Å². The number of halogens is 1. The summed E-state index contributed by atoms with van der Waals surface area (Å²) in [5.41, 5.74) is 1.67. The summed E-state index contributed by atoms with van der Waals surface area (Å²) in [6, 6.07) is 9.47. The summed E-state index contributed by atoms with van der Waals surface area (Å²) in [6.07, 6.45) is 4.43. The Kier molecular flexibility index (Phi) is 5.04. The number of carbonyl (C=O) groups excluding carboxylic acids is 1. The highest BCUT2D eigenvalue weighted by molar-refractivity contribution is 7.20. The summed E-state index contributed by atoms with van der Waals surface area (Å²) >= 11 is 7.78. The molecule has 154 valence electrons. The van der Waals surface area contributed by atoms with Crippen molar-refractivity contribution in [2.75, 3.05) is 0 Å². The van der Waals surface area contributed by atoms with Crippen molar-refractivity contribution >= 4 is 39.1 Å². The van der Waals surface area contributed by atoms with Gasteiger partial charge >= 0.3 is 0 Å². The highest BCUT2D eigenvalue weighted by Crippen LogP contribution is 2.32. The summed E-state index contributed by atoms with van der Waals surface area (Å²) in [5.74, 6) is 1.72. The number of carbonyl (C=O) groups is 1. The Bertz CT molecular complexity index is 1240. The molecule has 1 aromatic carbocycles. The fraction of sp³-hybridized carbons (Fsp3) is 0.333. The van der Waals surface area contributed by atoms with Crippen LogP contribution in [0, 0.1) is 6.92 Å². The Morgan fingerprint density at radius 1 is 1.23 bits per heavy atom. The van der Waals surface area contributed by atoms with E-state index in [1.165, 1.54) is 17.8 Å². The molecule has 7 nitrogen and oxygen atoms in total. The van der Waals surface area contributed by atoms with Gasteiger partial charge in [-0.3, -0.25) is 4.79 Å². The lowest BCUT2D eigenvalue weighted by atomic mass is 10.2. The van der Waals surface area contributed by atoms with Crippen molar-refractivity contribution in [3.05, 3.63) is 57.6 Å². The second-order valence-electron chi connectivity index (χ2n) is 7.46. The van der Waals surface area contributed by atoms with Crippen LogP contribution in [0.25, 0.3) is 15.9 Å². The smallest absolute Gasteiger partial charge is 0.261 e.